The molecule has 1 aromatic carbocycles. The first-order valence-electron chi connectivity index (χ1n) is 5.23. The smallest absolute Gasteiger partial charge is 0.232 e. The lowest BCUT2D eigenvalue weighted by atomic mass is 10.1. The van der Waals surface area contributed by atoms with Crippen LogP contribution in [-0.4, -0.2) is 4.98 Å². The van der Waals surface area contributed by atoms with Crippen LogP contribution in [0.15, 0.2) is 39.5 Å². The third-order valence-electron chi connectivity index (χ3n) is 2.72. The number of aromatic nitrogens is 1. The van der Waals surface area contributed by atoms with Crippen LogP contribution in [0.1, 0.15) is 5.56 Å². The summed E-state index contributed by atoms with van der Waals surface area (Å²) >= 11 is 0. The summed E-state index contributed by atoms with van der Waals surface area (Å²) in [6, 6.07) is 10.2. The zero-order valence-corrected chi connectivity index (χ0v) is 9.18. The Bertz CT molecular complexity index is 875. The van der Waals surface area contributed by atoms with Gasteiger partial charge in [-0.15, -0.1) is 0 Å². The Balaban J connectivity index is 2.58. The summed E-state index contributed by atoms with van der Waals surface area (Å²) in [5.41, 5.74) is 6.15. The van der Waals surface area contributed by atoms with Crippen molar-refractivity contribution >= 4 is 27.9 Å². The van der Waals surface area contributed by atoms with Crippen molar-refractivity contribution in [2.45, 2.75) is 0 Å². The molecule has 5 nitrogen and oxygen atoms in total. The van der Waals surface area contributed by atoms with E-state index < -0.39 is 0 Å². The summed E-state index contributed by atoms with van der Waals surface area (Å²) in [5.74, 6) is 0.0587. The lowest BCUT2D eigenvalue weighted by molar-refractivity contribution is 0.645. The largest absolute Gasteiger partial charge is 0.437 e. The fourth-order valence-corrected chi connectivity index (χ4v) is 1.83. The van der Waals surface area contributed by atoms with E-state index in [1.165, 1.54) is 6.07 Å². The molecule has 0 fully saturated rings. The molecule has 0 amide bonds. The number of benzene rings is 1. The van der Waals surface area contributed by atoms with E-state index in [9.17, 15) is 4.79 Å². The zero-order chi connectivity index (χ0) is 12.7. The van der Waals surface area contributed by atoms with Gasteiger partial charge in [0.2, 0.25) is 11.1 Å². The molecule has 2 N–H and O–H groups in total. The third kappa shape index (κ3) is 1.33. The molecule has 18 heavy (non-hydrogen) atoms. The molecule has 86 valence electrons. The van der Waals surface area contributed by atoms with Crippen LogP contribution >= 0.6 is 0 Å². The number of nitrogens with two attached hydrogens (primary N) is 1. The SMILES string of the molecule is N#Cc1cc2c(=O)c3ccccc3oc2nc1N. The molecule has 2 aromatic heterocycles. The molecule has 0 radical (unpaired) electrons. The normalized spacial score (nSPS) is 10.6. The molecule has 0 saturated heterocycles. The number of pyridine rings is 1. The van der Waals surface area contributed by atoms with E-state index in [-0.39, 0.29) is 27.9 Å². The van der Waals surface area contributed by atoms with Gasteiger partial charge in [0.1, 0.15) is 17.5 Å². The van der Waals surface area contributed by atoms with Gasteiger partial charge in [-0.25, -0.2) is 0 Å². The molecule has 0 spiro atoms. The predicted molar refractivity (Wildman–Crippen MR) is 66.9 cm³/mol. The number of nitrogens with zero attached hydrogens (tertiary/aromatic N) is 2. The van der Waals surface area contributed by atoms with Gasteiger partial charge in [0.15, 0.2) is 0 Å². The van der Waals surface area contributed by atoms with E-state index in [0.29, 0.717) is 11.0 Å². The lowest BCUT2D eigenvalue weighted by Crippen LogP contribution is -2.05. The standard InChI is InChI=1S/C13H7N3O2/c14-6-7-5-9-11(17)8-3-1-2-4-10(8)18-13(9)16-12(7)15/h1-5H,(H2,15,16). The summed E-state index contributed by atoms with van der Waals surface area (Å²) in [5, 5.41) is 9.60. The van der Waals surface area contributed by atoms with Crippen molar-refractivity contribution < 1.29 is 4.42 Å². The van der Waals surface area contributed by atoms with Crippen molar-refractivity contribution in [1.82, 2.24) is 4.98 Å². The Morgan fingerprint density at radius 1 is 1.28 bits per heavy atom. The highest BCUT2D eigenvalue weighted by atomic mass is 16.3. The first kappa shape index (κ1) is 10.3. The van der Waals surface area contributed by atoms with Gasteiger partial charge in [0, 0.05) is 0 Å². The minimum atomic E-state index is -0.212. The van der Waals surface area contributed by atoms with Crippen LogP contribution < -0.4 is 11.2 Å². The van der Waals surface area contributed by atoms with Crippen molar-refractivity contribution in [2.75, 3.05) is 5.73 Å². The predicted octanol–water partition coefficient (Wildman–Crippen LogP) is 1.80. The van der Waals surface area contributed by atoms with Crippen LogP contribution in [-0.2, 0) is 0 Å². The van der Waals surface area contributed by atoms with Gasteiger partial charge in [0.25, 0.3) is 0 Å². The van der Waals surface area contributed by atoms with Gasteiger partial charge >= 0.3 is 0 Å². The first-order valence-corrected chi connectivity index (χ1v) is 5.23. The second kappa shape index (κ2) is 3.57. The van der Waals surface area contributed by atoms with Crippen LogP contribution in [0, 0.1) is 11.3 Å². The van der Waals surface area contributed by atoms with Crippen molar-refractivity contribution in [3.63, 3.8) is 0 Å². The Morgan fingerprint density at radius 3 is 2.83 bits per heavy atom. The molecule has 0 unspecified atom stereocenters. The van der Waals surface area contributed by atoms with Crippen LogP contribution in [0.5, 0.6) is 0 Å². The van der Waals surface area contributed by atoms with Crippen molar-refractivity contribution in [2.24, 2.45) is 0 Å². The molecule has 5 heteroatoms. The Morgan fingerprint density at radius 2 is 2.06 bits per heavy atom. The number of fused-ring (bicyclic) bond motifs is 2. The minimum Gasteiger partial charge on any atom is -0.437 e. The Kier molecular flexibility index (Phi) is 2.04. The van der Waals surface area contributed by atoms with Gasteiger partial charge in [-0.2, -0.15) is 10.2 Å². The van der Waals surface area contributed by atoms with Gasteiger partial charge < -0.3 is 10.2 Å². The fourth-order valence-electron chi connectivity index (χ4n) is 1.83. The van der Waals surface area contributed by atoms with Crippen molar-refractivity contribution in [3.05, 3.63) is 46.1 Å². The molecule has 0 aliphatic heterocycles. The fraction of sp³-hybridized carbons (Fsp3) is 0. The van der Waals surface area contributed by atoms with Crippen molar-refractivity contribution in [3.8, 4) is 6.07 Å². The zero-order valence-electron chi connectivity index (χ0n) is 9.18. The molecular weight excluding hydrogens is 230 g/mol. The summed E-state index contributed by atoms with van der Waals surface area (Å²) in [6.45, 7) is 0. The molecular formula is C13H7N3O2. The monoisotopic (exact) mass is 237 g/mol. The second-order valence-corrected chi connectivity index (χ2v) is 3.81. The van der Waals surface area contributed by atoms with E-state index in [1.54, 1.807) is 24.3 Å². The Labute approximate surface area is 101 Å². The van der Waals surface area contributed by atoms with E-state index in [0.717, 1.165) is 0 Å². The molecule has 0 aliphatic rings. The molecule has 0 atom stereocenters. The number of nitrogen functional groups attached to an aromatic ring is 1. The number of anilines is 1. The second-order valence-electron chi connectivity index (χ2n) is 3.81. The number of hydrogen-bond acceptors (Lipinski definition) is 5. The van der Waals surface area contributed by atoms with Gasteiger partial charge in [-0.3, -0.25) is 4.79 Å². The summed E-state index contributed by atoms with van der Waals surface area (Å²) < 4.78 is 5.51. The summed E-state index contributed by atoms with van der Waals surface area (Å²) in [4.78, 5) is 16.2. The van der Waals surface area contributed by atoms with E-state index >= 15 is 0 Å². The number of para-hydroxylation sites is 1. The highest BCUT2D eigenvalue weighted by Crippen LogP contribution is 2.19. The third-order valence-corrected chi connectivity index (χ3v) is 2.72. The number of hydrogen-bond donors (Lipinski definition) is 1. The number of nitriles is 1. The van der Waals surface area contributed by atoms with Crippen LogP contribution in [0.25, 0.3) is 22.1 Å². The highest BCUT2D eigenvalue weighted by molar-refractivity contribution is 5.89. The maximum atomic E-state index is 12.2. The maximum absolute atomic E-state index is 12.2. The van der Waals surface area contributed by atoms with Gasteiger partial charge in [-0.05, 0) is 18.2 Å². The summed E-state index contributed by atoms with van der Waals surface area (Å²) in [7, 11) is 0. The van der Waals surface area contributed by atoms with Crippen LogP contribution in [0.3, 0.4) is 0 Å². The topological polar surface area (TPSA) is 92.9 Å². The number of rotatable bonds is 0. The van der Waals surface area contributed by atoms with Crippen LogP contribution in [0.4, 0.5) is 5.82 Å². The van der Waals surface area contributed by atoms with Gasteiger partial charge in [-0.1, -0.05) is 12.1 Å². The Hall–Kier alpha value is -2.87. The van der Waals surface area contributed by atoms with E-state index in [2.05, 4.69) is 4.98 Å². The molecule has 0 bridgehead atoms. The summed E-state index contributed by atoms with van der Waals surface area (Å²) in [6.07, 6.45) is 0. The molecule has 3 aromatic rings. The molecule has 0 aliphatic carbocycles. The van der Waals surface area contributed by atoms with E-state index in [4.69, 9.17) is 15.4 Å². The minimum absolute atomic E-state index is 0.0587. The lowest BCUT2D eigenvalue weighted by Gasteiger charge is -2.02. The van der Waals surface area contributed by atoms with Gasteiger partial charge in [0.05, 0.1) is 16.3 Å². The quantitative estimate of drug-likeness (QED) is 0.601. The molecule has 0 saturated carbocycles. The van der Waals surface area contributed by atoms with E-state index in [1.807, 2.05) is 6.07 Å². The van der Waals surface area contributed by atoms with Crippen LogP contribution in [0.2, 0.25) is 0 Å². The maximum Gasteiger partial charge on any atom is 0.232 e. The van der Waals surface area contributed by atoms with Crippen molar-refractivity contribution in [1.29, 1.82) is 5.26 Å². The average molecular weight is 237 g/mol. The molecule has 3 rings (SSSR count). The first-order chi connectivity index (χ1) is 8.70. The average Bonchev–Trinajstić information content (AvgIpc) is 2.38. The molecule has 2 heterocycles. The highest BCUT2D eigenvalue weighted by Gasteiger charge is 2.11.